The summed E-state index contributed by atoms with van der Waals surface area (Å²) in [7, 11) is -3.56. The number of hydrogen-bond donors (Lipinski definition) is 1. The first-order valence-electron chi connectivity index (χ1n) is 10.6. The van der Waals surface area contributed by atoms with Crippen molar-refractivity contribution in [2.24, 2.45) is 0 Å². The van der Waals surface area contributed by atoms with Gasteiger partial charge in [0.1, 0.15) is 18.1 Å². The van der Waals surface area contributed by atoms with Crippen LogP contribution in [-0.2, 0) is 27.8 Å². The number of amides is 1. The summed E-state index contributed by atoms with van der Waals surface area (Å²) in [5.41, 5.74) is 5.29. The van der Waals surface area contributed by atoms with E-state index in [1.807, 2.05) is 41.1 Å². The number of ether oxygens (including phenoxy) is 2. The smallest absolute Gasteiger partial charge is 0.235 e. The maximum absolute atomic E-state index is 11.8. The Morgan fingerprint density at radius 3 is 2.66 bits per heavy atom. The summed E-state index contributed by atoms with van der Waals surface area (Å²) >= 11 is 0. The molecule has 1 unspecified atom stereocenters. The highest BCUT2D eigenvalue weighted by Gasteiger charge is 2.30. The van der Waals surface area contributed by atoms with Crippen molar-refractivity contribution in [1.29, 1.82) is 0 Å². The SMILES string of the molecule is O=C1CC(c2ccc(OCc3cccc(-c4cccc5c4OCC5)c3)cc2)CS(=O)(=O)N1. The van der Waals surface area contributed by atoms with Gasteiger partial charge < -0.3 is 9.47 Å². The molecule has 3 aromatic rings. The molecule has 1 saturated heterocycles. The number of benzene rings is 3. The number of hydrogen-bond acceptors (Lipinski definition) is 5. The van der Waals surface area contributed by atoms with E-state index < -0.39 is 15.9 Å². The number of carbonyl (C=O) groups excluding carboxylic acids is 1. The second-order valence-corrected chi connectivity index (χ2v) is 9.93. The first-order valence-corrected chi connectivity index (χ1v) is 12.2. The first-order chi connectivity index (χ1) is 15.5. The largest absolute Gasteiger partial charge is 0.492 e. The van der Waals surface area contributed by atoms with Crippen LogP contribution in [0.4, 0.5) is 0 Å². The minimum absolute atomic E-state index is 0.0847. The van der Waals surface area contributed by atoms with Crippen LogP contribution in [0.1, 0.15) is 29.0 Å². The highest BCUT2D eigenvalue weighted by atomic mass is 32.2. The van der Waals surface area contributed by atoms with E-state index in [1.165, 1.54) is 5.56 Å². The van der Waals surface area contributed by atoms with Crippen LogP contribution in [0.25, 0.3) is 11.1 Å². The third kappa shape index (κ3) is 4.34. The molecule has 32 heavy (non-hydrogen) atoms. The van der Waals surface area contributed by atoms with Crippen LogP contribution in [-0.4, -0.2) is 26.7 Å². The van der Waals surface area contributed by atoms with Crippen LogP contribution in [0.3, 0.4) is 0 Å². The second kappa shape index (κ2) is 8.31. The summed E-state index contributed by atoms with van der Waals surface area (Å²) in [6, 6.07) is 21.8. The van der Waals surface area contributed by atoms with E-state index in [0.29, 0.717) is 12.4 Å². The van der Waals surface area contributed by atoms with Crippen molar-refractivity contribution in [3.8, 4) is 22.6 Å². The summed E-state index contributed by atoms with van der Waals surface area (Å²) < 4.78 is 37.4. The molecule has 1 atom stereocenters. The minimum Gasteiger partial charge on any atom is -0.492 e. The maximum atomic E-state index is 11.8. The van der Waals surface area contributed by atoms with Crippen molar-refractivity contribution in [2.75, 3.05) is 12.4 Å². The Labute approximate surface area is 187 Å². The molecule has 1 N–H and O–H groups in total. The van der Waals surface area contributed by atoms with Gasteiger partial charge in [0.05, 0.1) is 12.4 Å². The molecule has 0 aromatic heterocycles. The van der Waals surface area contributed by atoms with Crippen LogP contribution in [0.2, 0.25) is 0 Å². The van der Waals surface area contributed by atoms with Gasteiger partial charge >= 0.3 is 0 Å². The molecule has 3 aromatic carbocycles. The van der Waals surface area contributed by atoms with E-state index in [9.17, 15) is 13.2 Å². The quantitative estimate of drug-likeness (QED) is 0.641. The van der Waals surface area contributed by atoms with Gasteiger partial charge in [0.15, 0.2) is 0 Å². The monoisotopic (exact) mass is 449 g/mol. The third-order valence-corrected chi connectivity index (χ3v) is 7.21. The van der Waals surface area contributed by atoms with Crippen molar-refractivity contribution < 1.29 is 22.7 Å². The second-order valence-electron chi connectivity index (χ2n) is 8.16. The van der Waals surface area contributed by atoms with E-state index in [-0.39, 0.29) is 18.1 Å². The Balaban J connectivity index is 1.27. The summed E-state index contributed by atoms with van der Waals surface area (Å²) in [4.78, 5) is 11.7. The molecule has 0 radical (unpaired) electrons. The summed E-state index contributed by atoms with van der Waals surface area (Å²) in [5.74, 6) is 0.773. The zero-order valence-electron chi connectivity index (χ0n) is 17.4. The Kier molecular flexibility index (Phi) is 5.35. The fraction of sp³-hybridized carbons (Fsp3) is 0.240. The van der Waals surface area contributed by atoms with Crippen molar-refractivity contribution in [3.05, 3.63) is 83.4 Å². The van der Waals surface area contributed by atoms with Gasteiger partial charge in [-0.15, -0.1) is 0 Å². The average Bonchev–Trinajstić information content (AvgIpc) is 3.26. The molecule has 6 nitrogen and oxygen atoms in total. The van der Waals surface area contributed by atoms with Crippen molar-refractivity contribution >= 4 is 15.9 Å². The Morgan fingerprint density at radius 2 is 1.84 bits per heavy atom. The molecule has 1 amide bonds. The number of nitrogens with one attached hydrogen (secondary N) is 1. The molecule has 2 heterocycles. The molecule has 164 valence electrons. The van der Waals surface area contributed by atoms with Gasteiger partial charge in [-0.3, -0.25) is 9.52 Å². The Hall–Kier alpha value is -3.32. The lowest BCUT2D eigenvalue weighted by Crippen LogP contribution is -2.40. The van der Waals surface area contributed by atoms with Crippen molar-refractivity contribution in [1.82, 2.24) is 4.72 Å². The van der Waals surface area contributed by atoms with Crippen LogP contribution >= 0.6 is 0 Å². The highest BCUT2D eigenvalue weighted by Crippen LogP contribution is 2.37. The van der Waals surface area contributed by atoms with Gasteiger partial charge in [0.2, 0.25) is 15.9 Å². The van der Waals surface area contributed by atoms with Gasteiger partial charge in [-0.05, 0) is 40.5 Å². The fourth-order valence-corrected chi connectivity index (χ4v) is 5.65. The number of rotatable bonds is 5. The van der Waals surface area contributed by atoms with Crippen molar-refractivity contribution in [2.45, 2.75) is 25.4 Å². The fourth-order valence-electron chi connectivity index (χ4n) is 4.29. The lowest BCUT2D eigenvalue weighted by Gasteiger charge is -2.22. The van der Waals surface area contributed by atoms with Crippen molar-refractivity contribution in [3.63, 3.8) is 0 Å². The molecule has 0 spiro atoms. The normalized spacial score (nSPS) is 19.0. The van der Waals surface area contributed by atoms with Crippen LogP contribution in [0.15, 0.2) is 66.7 Å². The van der Waals surface area contributed by atoms with Gasteiger partial charge in [0, 0.05) is 24.3 Å². The summed E-state index contributed by atoms with van der Waals surface area (Å²) in [6.07, 6.45) is 1.11. The molecule has 1 fully saturated rings. The van der Waals surface area contributed by atoms with Crippen LogP contribution in [0, 0.1) is 0 Å². The summed E-state index contributed by atoms with van der Waals surface area (Å²) in [5, 5.41) is 0. The molecule has 0 saturated carbocycles. The first kappa shape index (κ1) is 20.6. The van der Waals surface area contributed by atoms with Crippen LogP contribution < -0.4 is 14.2 Å². The van der Waals surface area contributed by atoms with Gasteiger partial charge in [-0.2, -0.15) is 0 Å². The van der Waals surface area contributed by atoms with E-state index in [4.69, 9.17) is 9.47 Å². The predicted molar refractivity (Wildman–Crippen MR) is 121 cm³/mol. The van der Waals surface area contributed by atoms with E-state index in [1.54, 1.807) is 0 Å². The molecule has 7 heteroatoms. The van der Waals surface area contributed by atoms with Gasteiger partial charge in [-0.25, -0.2) is 8.42 Å². The van der Waals surface area contributed by atoms with E-state index >= 15 is 0 Å². The highest BCUT2D eigenvalue weighted by molar-refractivity contribution is 7.90. The standard InChI is InChI=1S/C25H23NO5S/c27-24-14-21(16-32(28,29)26-24)18-7-9-22(10-8-18)31-15-17-3-1-5-20(13-17)23-6-2-4-19-11-12-30-25(19)23/h1-10,13,21H,11-12,14-16H2,(H,26,27). The topological polar surface area (TPSA) is 81.7 Å². The average molecular weight is 450 g/mol. The molecule has 2 aliphatic rings. The molecule has 0 aliphatic carbocycles. The van der Waals surface area contributed by atoms with Gasteiger partial charge in [0.25, 0.3) is 0 Å². The predicted octanol–water partition coefficient (Wildman–Crippen LogP) is 3.80. The van der Waals surface area contributed by atoms with E-state index in [0.717, 1.165) is 41.0 Å². The van der Waals surface area contributed by atoms with E-state index in [2.05, 4.69) is 30.3 Å². The maximum Gasteiger partial charge on any atom is 0.235 e. The zero-order chi connectivity index (χ0) is 22.1. The number of fused-ring (bicyclic) bond motifs is 1. The van der Waals surface area contributed by atoms with Crippen LogP contribution in [0.5, 0.6) is 11.5 Å². The molecule has 0 bridgehead atoms. The number of carbonyl (C=O) groups is 1. The zero-order valence-corrected chi connectivity index (χ0v) is 18.2. The molecule has 5 rings (SSSR count). The Morgan fingerprint density at radius 1 is 1.03 bits per heavy atom. The number of para-hydroxylation sites is 1. The number of sulfonamides is 1. The molecular weight excluding hydrogens is 426 g/mol. The lowest BCUT2D eigenvalue weighted by molar-refractivity contribution is -0.119. The van der Waals surface area contributed by atoms with Gasteiger partial charge in [-0.1, -0.05) is 48.5 Å². The molecule has 2 aliphatic heterocycles. The minimum atomic E-state index is -3.56. The Bertz CT molecular complexity index is 1270. The molecular formula is C25H23NO5S. The lowest BCUT2D eigenvalue weighted by atomic mass is 9.97. The third-order valence-electron chi connectivity index (χ3n) is 5.83. The summed E-state index contributed by atoms with van der Waals surface area (Å²) in [6.45, 7) is 1.13.